The van der Waals surface area contributed by atoms with E-state index in [2.05, 4.69) is 46.0 Å². The molecule has 3 aliphatic rings. The van der Waals surface area contributed by atoms with E-state index in [-0.39, 0.29) is 29.1 Å². The van der Waals surface area contributed by atoms with Crippen LogP contribution in [0.2, 0.25) is 5.02 Å². The van der Waals surface area contributed by atoms with E-state index in [1.54, 1.807) is 23.9 Å². The summed E-state index contributed by atoms with van der Waals surface area (Å²) in [6.07, 6.45) is 4.46. The molecule has 2 N–H and O–H groups in total. The summed E-state index contributed by atoms with van der Waals surface area (Å²) in [5.74, 6) is -0.170. The first-order chi connectivity index (χ1) is 31.9. The second-order valence-electron chi connectivity index (χ2n) is 18.2. The van der Waals surface area contributed by atoms with Crippen molar-refractivity contribution in [2.24, 2.45) is 11.3 Å². The number of halogens is 4. The van der Waals surface area contributed by atoms with Crippen LogP contribution in [0, 0.1) is 11.3 Å². The van der Waals surface area contributed by atoms with Crippen LogP contribution in [-0.4, -0.2) is 116 Å². The third-order valence-electron chi connectivity index (χ3n) is 12.8. The van der Waals surface area contributed by atoms with Crippen LogP contribution >= 0.6 is 23.4 Å². The van der Waals surface area contributed by atoms with E-state index in [0.717, 1.165) is 107 Å². The molecule has 11 nitrogen and oxygen atoms in total. The van der Waals surface area contributed by atoms with Crippen molar-refractivity contribution in [3.8, 4) is 0 Å². The van der Waals surface area contributed by atoms with Crippen molar-refractivity contribution in [2.45, 2.75) is 66.1 Å². The van der Waals surface area contributed by atoms with Crippen molar-refractivity contribution >= 4 is 66.1 Å². The van der Waals surface area contributed by atoms with Crippen molar-refractivity contribution in [1.82, 2.24) is 14.5 Å². The first kappa shape index (κ1) is 50.8. The maximum absolute atomic E-state index is 14.1. The minimum atomic E-state index is -6.02. The SMILES string of the molecule is CC1(C)CCC(c2ccc(Cl)cc2)=C(CN2CCN(c3ccc(C(=O)NS(=O)(=O)c4ccc(NCC[C@H](CCN5CCOCC5)CSc5ccccc5)c(S(=O)(=O)C(F)(F)F)c4)cc3)CC2)C1. The number of anilines is 2. The highest BCUT2D eigenvalue weighted by molar-refractivity contribution is 7.99. The molecule has 2 fully saturated rings. The number of carbonyl (C=O) groups excluding carboxylic acids is 1. The molecule has 0 spiro atoms. The van der Waals surface area contributed by atoms with Crippen molar-refractivity contribution in [2.75, 3.05) is 88.1 Å². The van der Waals surface area contributed by atoms with E-state index >= 15 is 0 Å². The van der Waals surface area contributed by atoms with Crippen molar-refractivity contribution in [1.29, 1.82) is 0 Å². The van der Waals surface area contributed by atoms with Gasteiger partial charge in [-0.1, -0.05) is 61.4 Å². The lowest BCUT2D eigenvalue weighted by molar-refractivity contribution is -0.0435. The van der Waals surface area contributed by atoms with E-state index in [4.69, 9.17) is 16.3 Å². The van der Waals surface area contributed by atoms with Crippen molar-refractivity contribution in [3.05, 3.63) is 119 Å². The molecule has 7 rings (SSSR count). The van der Waals surface area contributed by atoms with Gasteiger partial charge in [0.25, 0.3) is 25.8 Å². The molecule has 4 aromatic carbocycles. The zero-order valence-electron chi connectivity index (χ0n) is 37.9. The number of benzene rings is 4. The molecule has 4 aromatic rings. The van der Waals surface area contributed by atoms with Crippen LogP contribution in [0.4, 0.5) is 24.5 Å². The second-order valence-corrected chi connectivity index (χ2v) is 23.4. The maximum atomic E-state index is 14.1. The average Bonchev–Trinajstić information content (AvgIpc) is 3.30. The van der Waals surface area contributed by atoms with Crippen molar-refractivity contribution < 1.29 is 39.5 Å². The molecule has 0 unspecified atom stereocenters. The Labute approximate surface area is 402 Å². The normalized spacial score (nSPS) is 18.1. The van der Waals surface area contributed by atoms with Gasteiger partial charge in [-0.15, -0.1) is 11.8 Å². The quantitative estimate of drug-likeness (QED) is 0.0926. The molecule has 0 saturated carbocycles. The Kier molecular flexibility index (Phi) is 16.8. The number of ether oxygens (including phenoxy) is 1. The van der Waals surface area contributed by atoms with E-state index in [9.17, 15) is 34.8 Å². The van der Waals surface area contributed by atoms with Gasteiger partial charge in [0.1, 0.15) is 4.90 Å². The van der Waals surface area contributed by atoms with Gasteiger partial charge >= 0.3 is 5.51 Å². The first-order valence-electron chi connectivity index (χ1n) is 22.7. The summed E-state index contributed by atoms with van der Waals surface area (Å²) in [6, 6.07) is 26.8. The molecular formula is C49H59ClF3N5O6S3. The first-order valence-corrected chi connectivity index (χ1v) is 27.0. The highest BCUT2D eigenvalue weighted by Crippen LogP contribution is 2.43. The Morgan fingerprint density at radius 2 is 1.54 bits per heavy atom. The lowest BCUT2D eigenvalue weighted by Gasteiger charge is -2.39. The number of piperazine rings is 1. The van der Waals surface area contributed by atoms with Crippen LogP contribution in [0.15, 0.2) is 117 Å². The Bertz CT molecular complexity index is 2570. The number of rotatable bonds is 18. The van der Waals surface area contributed by atoms with Gasteiger partial charge in [0.15, 0.2) is 0 Å². The topological polar surface area (TPSA) is 128 Å². The Morgan fingerprint density at radius 3 is 2.21 bits per heavy atom. The number of sulfone groups is 1. The van der Waals surface area contributed by atoms with Gasteiger partial charge in [0, 0.05) is 79.3 Å². The highest BCUT2D eigenvalue weighted by atomic mass is 35.5. The predicted octanol–water partition coefficient (Wildman–Crippen LogP) is 9.47. The summed E-state index contributed by atoms with van der Waals surface area (Å²) in [5, 5.41) is 3.57. The number of nitrogens with zero attached hydrogens (tertiary/aromatic N) is 3. The largest absolute Gasteiger partial charge is 0.501 e. The summed E-state index contributed by atoms with van der Waals surface area (Å²) < 4.78 is 102. The van der Waals surface area contributed by atoms with E-state index < -0.39 is 41.1 Å². The lowest BCUT2D eigenvalue weighted by atomic mass is 9.73. The summed E-state index contributed by atoms with van der Waals surface area (Å²) >= 11 is 7.86. The smallest absolute Gasteiger partial charge is 0.384 e. The molecular weight excluding hydrogens is 943 g/mol. The van der Waals surface area contributed by atoms with Crippen LogP contribution in [0.5, 0.6) is 0 Å². The molecule has 1 amide bonds. The fourth-order valence-electron chi connectivity index (χ4n) is 8.87. The molecule has 0 aromatic heterocycles. The third-order valence-corrected chi connectivity index (χ3v) is 17.1. The summed E-state index contributed by atoms with van der Waals surface area (Å²) in [7, 11) is -10.8. The monoisotopic (exact) mass is 1000 g/mol. The number of hydrogen-bond acceptors (Lipinski definition) is 11. The van der Waals surface area contributed by atoms with E-state index in [1.165, 1.54) is 28.8 Å². The maximum Gasteiger partial charge on any atom is 0.501 e. The van der Waals surface area contributed by atoms with Gasteiger partial charge in [-0.2, -0.15) is 13.2 Å². The number of hydrogen-bond donors (Lipinski definition) is 2. The Hall–Kier alpha value is -4.10. The van der Waals surface area contributed by atoms with Crippen LogP contribution in [-0.2, 0) is 24.6 Å². The van der Waals surface area contributed by atoms with Gasteiger partial charge in [-0.25, -0.2) is 21.6 Å². The molecule has 0 radical (unpaired) electrons. The molecule has 1 atom stereocenters. The number of nitrogens with one attached hydrogen (secondary N) is 2. The number of amides is 1. The summed E-state index contributed by atoms with van der Waals surface area (Å²) in [5.41, 5.74) is -0.973. The van der Waals surface area contributed by atoms with Crippen LogP contribution in [0.25, 0.3) is 5.57 Å². The van der Waals surface area contributed by atoms with Crippen LogP contribution in [0.3, 0.4) is 0 Å². The predicted molar refractivity (Wildman–Crippen MR) is 261 cm³/mol. The zero-order valence-corrected chi connectivity index (χ0v) is 41.1. The summed E-state index contributed by atoms with van der Waals surface area (Å²) in [4.78, 5) is 19.3. The number of sulfonamides is 1. The van der Waals surface area contributed by atoms with Crippen LogP contribution < -0.4 is 14.9 Å². The Balaban J connectivity index is 0.977. The molecule has 0 bridgehead atoms. The molecule has 1 aliphatic carbocycles. The van der Waals surface area contributed by atoms with E-state index in [0.29, 0.717) is 30.7 Å². The van der Waals surface area contributed by atoms with Gasteiger partial charge < -0.3 is 15.0 Å². The fourth-order valence-corrected chi connectivity index (χ4v) is 12.1. The zero-order chi connectivity index (χ0) is 47.8. The molecule has 2 aliphatic heterocycles. The number of carbonyl (C=O) groups is 1. The molecule has 2 heterocycles. The number of thioether (sulfide) groups is 1. The molecule has 18 heteroatoms. The molecule has 362 valence electrons. The highest BCUT2D eigenvalue weighted by Gasteiger charge is 2.48. The molecule has 67 heavy (non-hydrogen) atoms. The molecule has 2 saturated heterocycles. The lowest BCUT2D eigenvalue weighted by Crippen LogP contribution is -2.47. The van der Waals surface area contributed by atoms with E-state index in [1.807, 2.05) is 47.2 Å². The second kappa shape index (κ2) is 22.1. The number of alkyl halides is 3. The summed E-state index contributed by atoms with van der Waals surface area (Å²) in [6.45, 7) is 12.5. The standard InChI is InChI=1S/C49H59ClF3N5O6S3/c1-48(2)21-18-44(37-8-12-40(50)13-9-37)39(33-48)34-57-24-26-58(27-25-57)41-14-10-38(11-15-41)47(59)55-67(62,63)43-16-17-45(46(32-43)66(60,61)49(51,52)53)54-22-19-36(20-23-56-28-30-64-31-29-56)35-65-42-6-4-3-5-7-42/h3-17,32,36,54H,18-31,33-35H2,1-2H3,(H,55,59)/t36-/m1/s1. The minimum absolute atomic E-state index is 0.00238. The van der Waals surface area contributed by atoms with Gasteiger partial charge in [0.05, 0.1) is 23.8 Å². The van der Waals surface area contributed by atoms with Gasteiger partial charge in [-0.3, -0.25) is 14.6 Å². The number of allylic oxidation sites excluding steroid dienone is 1. The van der Waals surface area contributed by atoms with Crippen molar-refractivity contribution in [3.63, 3.8) is 0 Å². The minimum Gasteiger partial charge on any atom is -0.384 e. The third kappa shape index (κ3) is 13.6. The average molecular weight is 1000 g/mol. The van der Waals surface area contributed by atoms with Gasteiger partial charge in [-0.05, 0) is 128 Å². The number of morpholine rings is 1. The van der Waals surface area contributed by atoms with Gasteiger partial charge in [0.2, 0.25) is 0 Å². The Morgan fingerprint density at radius 1 is 0.851 bits per heavy atom. The van der Waals surface area contributed by atoms with Crippen LogP contribution in [0.1, 0.15) is 61.9 Å². The fraction of sp³-hybridized carbons (Fsp3) is 0.449.